The highest BCUT2D eigenvalue weighted by atomic mass is 16.5. The number of rotatable bonds is 5. The van der Waals surface area contributed by atoms with Crippen LogP contribution in [-0.2, 0) is 0 Å². The summed E-state index contributed by atoms with van der Waals surface area (Å²) in [7, 11) is 1.69. The van der Waals surface area contributed by atoms with Gasteiger partial charge in [0.25, 0.3) is 0 Å². The van der Waals surface area contributed by atoms with Gasteiger partial charge in [-0.05, 0) is 25.1 Å². The smallest absolute Gasteiger partial charge is 0.330 e. The molecule has 0 fully saturated rings. The van der Waals surface area contributed by atoms with Crippen molar-refractivity contribution < 1.29 is 9.47 Å². The van der Waals surface area contributed by atoms with Crippen LogP contribution in [-0.4, -0.2) is 28.6 Å². The fraction of sp³-hybridized carbons (Fsp3) is 0.231. The van der Waals surface area contributed by atoms with E-state index in [1.807, 2.05) is 13.0 Å². The molecule has 0 aliphatic heterocycles. The van der Waals surface area contributed by atoms with E-state index in [1.54, 1.807) is 31.3 Å². The standard InChI is InChI=1S/C13H13N5O2/c1-3-19-12-16-11(15-2)17-13(18-12)20-10-6-4-5-9(7-10)8-14/h4-7H,3H2,1-2H3,(H,15,16,17,18). The Morgan fingerprint density at radius 1 is 1.25 bits per heavy atom. The van der Waals surface area contributed by atoms with Crippen LogP contribution in [0, 0.1) is 11.3 Å². The third kappa shape index (κ3) is 3.32. The third-order valence-electron chi connectivity index (χ3n) is 2.26. The van der Waals surface area contributed by atoms with Crippen molar-refractivity contribution in [3.63, 3.8) is 0 Å². The maximum Gasteiger partial charge on any atom is 0.330 e. The molecular formula is C13H13N5O2. The minimum absolute atomic E-state index is 0.0999. The third-order valence-corrected chi connectivity index (χ3v) is 2.26. The van der Waals surface area contributed by atoms with Gasteiger partial charge >= 0.3 is 12.0 Å². The lowest BCUT2D eigenvalue weighted by atomic mass is 10.2. The first-order valence-corrected chi connectivity index (χ1v) is 5.99. The molecular weight excluding hydrogens is 258 g/mol. The maximum atomic E-state index is 8.85. The SMILES string of the molecule is CCOc1nc(NC)nc(Oc2cccc(C#N)c2)n1. The lowest BCUT2D eigenvalue weighted by molar-refractivity contribution is 0.304. The molecule has 7 heteroatoms. The van der Waals surface area contributed by atoms with E-state index in [2.05, 4.69) is 20.3 Å². The molecule has 0 atom stereocenters. The van der Waals surface area contributed by atoms with Crippen molar-refractivity contribution >= 4 is 5.95 Å². The molecule has 1 aromatic carbocycles. The number of hydrogen-bond donors (Lipinski definition) is 1. The lowest BCUT2D eigenvalue weighted by Crippen LogP contribution is -2.05. The van der Waals surface area contributed by atoms with Gasteiger partial charge in [0.1, 0.15) is 5.75 Å². The van der Waals surface area contributed by atoms with Crippen molar-refractivity contribution in [1.82, 2.24) is 15.0 Å². The number of nitrogens with one attached hydrogen (secondary N) is 1. The summed E-state index contributed by atoms with van der Waals surface area (Å²) >= 11 is 0. The summed E-state index contributed by atoms with van der Waals surface area (Å²) < 4.78 is 10.8. The van der Waals surface area contributed by atoms with Gasteiger partial charge in [-0.1, -0.05) is 6.07 Å². The average molecular weight is 271 g/mol. The zero-order valence-electron chi connectivity index (χ0n) is 11.1. The summed E-state index contributed by atoms with van der Waals surface area (Å²) in [6, 6.07) is 9.03. The van der Waals surface area contributed by atoms with Gasteiger partial charge in [-0.2, -0.15) is 15.2 Å². The van der Waals surface area contributed by atoms with Gasteiger partial charge in [0.05, 0.1) is 18.2 Å². The summed E-state index contributed by atoms with van der Waals surface area (Å²) in [5, 5.41) is 11.6. The number of hydrogen-bond acceptors (Lipinski definition) is 7. The minimum atomic E-state index is 0.0999. The van der Waals surface area contributed by atoms with Crippen molar-refractivity contribution in [2.24, 2.45) is 0 Å². The van der Waals surface area contributed by atoms with E-state index in [9.17, 15) is 0 Å². The molecule has 20 heavy (non-hydrogen) atoms. The van der Waals surface area contributed by atoms with Crippen molar-refractivity contribution in [2.75, 3.05) is 19.0 Å². The molecule has 0 spiro atoms. The molecule has 7 nitrogen and oxygen atoms in total. The van der Waals surface area contributed by atoms with Gasteiger partial charge in [-0.15, -0.1) is 4.98 Å². The van der Waals surface area contributed by atoms with Crippen molar-refractivity contribution in [3.05, 3.63) is 29.8 Å². The van der Waals surface area contributed by atoms with Crippen LogP contribution in [0.2, 0.25) is 0 Å². The highest BCUT2D eigenvalue weighted by Gasteiger charge is 2.08. The molecule has 0 aliphatic carbocycles. The Kier molecular flexibility index (Phi) is 4.29. The van der Waals surface area contributed by atoms with Crippen LogP contribution in [0.3, 0.4) is 0 Å². The van der Waals surface area contributed by atoms with Crippen LogP contribution in [0.15, 0.2) is 24.3 Å². The van der Waals surface area contributed by atoms with Crippen LogP contribution in [0.25, 0.3) is 0 Å². The van der Waals surface area contributed by atoms with Gasteiger partial charge in [-0.25, -0.2) is 0 Å². The minimum Gasteiger partial charge on any atom is -0.464 e. The van der Waals surface area contributed by atoms with Crippen molar-refractivity contribution in [2.45, 2.75) is 6.92 Å². The number of aromatic nitrogens is 3. The second kappa shape index (κ2) is 6.33. The quantitative estimate of drug-likeness (QED) is 0.888. The summed E-state index contributed by atoms with van der Waals surface area (Å²) in [4.78, 5) is 12.1. The van der Waals surface area contributed by atoms with E-state index in [4.69, 9.17) is 14.7 Å². The predicted octanol–water partition coefficient (Wildman–Crippen LogP) is 1.98. The summed E-state index contributed by atoms with van der Waals surface area (Å²) in [6.45, 7) is 2.27. The van der Waals surface area contributed by atoms with E-state index in [0.717, 1.165) is 0 Å². The molecule has 0 saturated heterocycles. The topological polar surface area (TPSA) is 93.0 Å². The van der Waals surface area contributed by atoms with Crippen molar-refractivity contribution in [3.8, 4) is 23.8 Å². The molecule has 0 radical (unpaired) electrons. The van der Waals surface area contributed by atoms with Crippen LogP contribution >= 0.6 is 0 Å². The second-order valence-electron chi connectivity index (χ2n) is 3.65. The fourth-order valence-corrected chi connectivity index (χ4v) is 1.42. The number of benzene rings is 1. The van der Waals surface area contributed by atoms with Gasteiger partial charge in [0.15, 0.2) is 0 Å². The molecule has 0 amide bonds. The molecule has 1 aromatic heterocycles. The van der Waals surface area contributed by atoms with E-state index in [1.165, 1.54) is 0 Å². The van der Waals surface area contributed by atoms with Crippen LogP contribution < -0.4 is 14.8 Å². The zero-order chi connectivity index (χ0) is 14.4. The largest absolute Gasteiger partial charge is 0.464 e. The van der Waals surface area contributed by atoms with E-state index in [-0.39, 0.29) is 12.0 Å². The fourth-order valence-electron chi connectivity index (χ4n) is 1.42. The number of anilines is 1. The van der Waals surface area contributed by atoms with Gasteiger partial charge < -0.3 is 14.8 Å². The summed E-state index contributed by atoms with van der Waals surface area (Å²) in [5.41, 5.74) is 0.496. The Morgan fingerprint density at radius 3 is 2.75 bits per heavy atom. The Hall–Kier alpha value is -2.88. The molecule has 0 saturated carbocycles. The summed E-state index contributed by atoms with van der Waals surface area (Å²) in [5.74, 6) is 0.814. The number of ether oxygens (including phenoxy) is 2. The van der Waals surface area contributed by atoms with Crippen LogP contribution in [0.1, 0.15) is 12.5 Å². The average Bonchev–Trinajstić information content (AvgIpc) is 2.47. The molecule has 0 bridgehead atoms. The predicted molar refractivity (Wildman–Crippen MR) is 71.8 cm³/mol. The molecule has 2 rings (SSSR count). The molecule has 102 valence electrons. The maximum absolute atomic E-state index is 8.85. The van der Waals surface area contributed by atoms with Crippen molar-refractivity contribution in [1.29, 1.82) is 5.26 Å². The first-order valence-electron chi connectivity index (χ1n) is 5.99. The van der Waals surface area contributed by atoms with E-state index in [0.29, 0.717) is 23.9 Å². The Labute approximate surface area is 116 Å². The first-order chi connectivity index (χ1) is 9.75. The summed E-state index contributed by atoms with van der Waals surface area (Å²) in [6.07, 6.45) is 0. The molecule has 0 unspecified atom stereocenters. The van der Waals surface area contributed by atoms with Crippen LogP contribution in [0.4, 0.5) is 5.95 Å². The molecule has 1 N–H and O–H groups in total. The van der Waals surface area contributed by atoms with Gasteiger partial charge in [0.2, 0.25) is 5.95 Å². The van der Waals surface area contributed by atoms with Gasteiger partial charge in [-0.3, -0.25) is 0 Å². The van der Waals surface area contributed by atoms with Gasteiger partial charge in [0, 0.05) is 7.05 Å². The molecule has 0 aliphatic rings. The first kappa shape index (κ1) is 13.5. The normalized spacial score (nSPS) is 9.65. The number of nitrogens with zero attached hydrogens (tertiary/aromatic N) is 4. The molecule has 1 heterocycles. The van der Waals surface area contributed by atoms with E-state index < -0.39 is 0 Å². The Balaban J connectivity index is 2.27. The monoisotopic (exact) mass is 271 g/mol. The Bertz CT molecular complexity index is 639. The van der Waals surface area contributed by atoms with E-state index >= 15 is 0 Å². The highest BCUT2D eigenvalue weighted by molar-refractivity contribution is 5.37. The number of nitriles is 1. The lowest BCUT2D eigenvalue weighted by Gasteiger charge is -2.07. The highest BCUT2D eigenvalue weighted by Crippen LogP contribution is 2.21. The second-order valence-corrected chi connectivity index (χ2v) is 3.65. The zero-order valence-corrected chi connectivity index (χ0v) is 11.1. The molecule has 2 aromatic rings. The Morgan fingerprint density at radius 2 is 2.05 bits per heavy atom. The van der Waals surface area contributed by atoms with Crippen LogP contribution in [0.5, 0.6) is 17.8 Å².